The molecule has 0 aromatic carbocycles. The molecule has 1 saturated carbocycles. The molecule has 0 bridgehead atoms. The molecule has 2 heteroatoms. The fourth-order valence-electron chi connectivity index (χ4n) is 3.81. The van der Waals surface area contributed by atoms with Crippen LogP contribution in [0.1, 0.15) is 73.6 Å². The van der Waals surface area contributed by atoms with E-state index in [4.69, 9.17) is 0 Å². The van der Waals surface area contributed by atoms with Crippen LogP contribution in [0, 0.1) is 10.8 Å². The third-order valence-corrected chi connectivity index (χ3v) is 5.46. The van der Waals surface area contributed by atoms with E-state index in [1.54, 1.807) is 0 Å². The van der Waals surface area contributed by atoms with Gasteiger partial charge in [0, 0.05) is 24.7 Å². The van der Waals surface area contributed by atoms with Crippen molar-refractivity contribution in [2.45, 2.75) is 85.2 Å². The van der Waals surface area contributed by atoms with E-state index < -0.39 is 0 Å². The molecule has 1 aliphatic carbocycles. The molecule has 0 radical (unpaired) electrons. The molecule has 118 valence electrons. The van der Waals surface area contributed by atoms with Gasteiger partial charge in [0.2, 0.25) is 0 Å². The molecule has 2 fully saturated rings. The molecular weight excluding hydrogens is 244 g/mol. The van der Waals surface area contributed by atoms with Crippen molar-refractivity contribution in [1.29, 1.82) is 0 Å². The molecule has 0 amide bonds. The van der Waals surface area contributed by atoms with Crippen molar-refractivity contribution in [2.24, 2.45) is 10.8 Å². The second-order valence-corrected chi connectivity index (χ2v) is 9.49. The number of nitrogens with one attached hydrogen (secondary N) is 1. The lowest BCUT2D eigenvalue weighted by atomic mass is 9.80. The van der Waals surface area contributed by atoms with E-state index in [2.05, 4.69) is 51.8 Å². The van der Waals surface area contributed by atoms with Gasteiger partial charge in [-0.05, 0) is 36.6 Å². The van der Waals surface area contributed by atoms with Crippen molar-refractivity contribution < 1.29 is 0 Å². The van der Waals surface area contributed by atoms with Crippen LogP contribution in [0.25, 0.3) is 0 Å². The summed E-state index contributed by atoms with van der Waals surface area (Å²) < 4.78 is 0. The van der Waals surface area contributed by atoms with Gasteiger partial charge < -0.3 is 5.32 Å². The Labute approximate surface area is 126 Å². The minimum atomic E-state index is 0.361. The second kappa shape index (κ2) is 5.61. The number of nitrogens with zero attached hydrogens (tertiary/aromatic N) is 1. The molecule has 1 N–H and O–H groups in total. The molecule has 1 atom stereocenters. The Morgan fingerprint density at radius 3 is 2.15 bits per heavy atom. The summed E-state index contributed by atoms with van der Waals surface area (Å²) in [5.74, 6) is 0. The summed E-state index contributed by atoms with van der Waals surface area (Å²) in [5, 5.41) is 3.88. The summed E-state index contributed by atoms with van der Waals surface area (Å²) >= 11 is 0. The van der Waals surface area contributed by atoms with Crippen LogP contribution in [-0.2, 0) is 0 Å². The second-order valence-electron chi connectivity index (χ2n) is 9.49. The van der Waals surface area contributed by atoms with Crippen molar-refractivity contribution in [3.8, 4) is 0 Å². The molecule has 1 aliphatic heterocycles. The highest BCUT2D eigenvalue weighted by Gasteiger charge is 2.45. The van der Waals surface area contributed by atoms with Crippen LogP contribution in [0.5, 0.6) is 0 Å². The van der Waals surface area contributed by atoms with E-state index in [0.717, 1.165) is 0 Å². The molecule has 20 heavy (non-hydrogen) atoms. The van der Waals surface area contributed by atoms with Gasteiger partial charge in [0.25, 0.3) is 0 Å². The van der Waals surface area contributed by atoms with E-state index >= 15 is 0 Å². The molecule has 1 saturated heterocycles. The van der Waals surface area contributed by atoms with Crippen molar-refractivity contribution >= 4 is 0 Å². The SMILES string of the molecule is CC(C)(C)CCN1CC(C(C)(C)C)NCC12CCCC2. The molecule has 0 aromatic heterocycles. The maximum Gasteiger partial charge on any atom is 0.0334 e. The Bertz CT molecular complexity index is 315. The first-order valence-electron chi connectivity index (χ1n) is 8.61. The monoisotopic (exact) mass is 280 g/mol. The number of rotatable bonds is 2. The number of hydrogen-bond donors (Lipinski definition) is 1. The van der Waals surface area contributed by atoms with Crippen LogP contribution in [0.3, 0.4) is 0 Å². The zero-order chi connectivity index (χ0) is 15.0. The molecule has 2 nitrogen and oxygen atoms in total. The lowest BCUT2D eigenvalue weighted by Crippen LogP contribution is -2.66. The lowest BCUT2D eigenvalue weighted by Gasteiger charge is -2.52. The van der Waals surface area contributed by atoms with Crippen LogP contribution in [0.2, 0.25) is 0 Å². The zero-order valence-electron chi connectivity index (χ0n) is 14.7. The summed E-state index contributed by atoms with van der Waals surface area (Å²) in [6.07, 6.45) is 6.97. The Balaban J connectivity index is 2.07. The Kier molecular flexibility index (Phi) is 4.57. The summed E-state index contributed by atoms with van der Waals surface area (Å²) in [6, 6.07) is 0.633. The third kappa shape index (κ3) is 3.76. The number of hydrogen-bond acceptors (Lipinski definition) is 2. The van der Waals surface area contributed by atoms with Crippen molar-refractivity contribution in [1.82, 2.24) is 10.2 Å². The molecule has 2 aliphatic rings. The van der Waals surface area contributed by atoms with Crippen LogP contribution in [0.4, 0.5) is 0 Å². The quantitative estimate of drug-likeness (QED) is 0.821. The van der Waals surface area contributed by atoms with E-state index in [9.17, 15) is 0 Å². The highest BCUT2D eigenvalue weighted by molar-refractivity contribution is 5.03. The summed E-state index contributed by atoms with van der Waals surface area (Å²) in [7, 11) is 0. The first kappa shape index (κ1) is 16.3. The van der Waals surface area contributed by atoms with Gasteiger partial charge in [-0.3, -0.25) is 4.90 Å². The molecule has 1 unspecified atom stereocenters. The van der Waals surface area contributed by atoms with Crippen LogP contribution in [-0.4, -0.2) is 36.1 Å². The van der Waals surface area contributed by atoms with Crippen molar-refractivity contribution in [3.63, 3.8) is 0 Å². The molecule has 2 rings (SSSR count). The maximum absolute atomic E-state index is 3.88. The van der Waals surface area contributed by atoms with E-state index in [1.807, 2.05) is 0 Å². The first-order chi connectivity index (χ1) is 9.12. The minimum absolute atomic E-state index is 0.361. The predicted molar refractivity (Wildman–Crippen MR) is 88.1 cm³/mol. The van der Waals surface area contributed by atoms with Gasteiger partial charge >= 0.3 is 0 Å². The van der Waals surface area contributed by atoms with Crippen molar-refractivity contribution in [2.75, 3.05) is 19.6 Å². The van der Waals surface area contributed by atoms with Gasteiger partial charge in [-0.25, -0.2) is 0 Å². The average molecular weight is 281 g/mol. The maximum atomic E-state index is 3.88. The fraction of sp³-hybridized carbons (Fsp3) is 1.00. The predicted octanol–water partition coefficient (Wildman–Crippen LogP) is 4.06. The molecular formula is C18H36N2. The third-order valence-electron chi connectivity index (χ3n) is 5.46. The summed E-state index contributed by atoms with van der Waals surface area (Å²) in [5.41, 5.74) is 1.29. The van der Waals surface area contributed by atoms with Crippen molar-refractivity contribution in [3.05, 3.63) is 0 Å². The van der Waals surface area contributed by atoms with Gasteiger partial charge in [0.05, 0.1) is 0 Å². The Hall–Kier alpha value is -0.0800. The largest absolute Gasteiger partial charge is 0.310 e. The lowest BCUT2D eigenvalue weighted by molar-refractivity contribution is 0.0104. The highest BCUT2D eigenvalue weighted by Crippen LogP contribution is 2.39. The van der Waals surface area contributed by atoms with Gasteiger partial charge in [0.15, 0.2) is 0 Å². The topological polar surface area (TPSA) is 15.3 Å². The normalized spacial score (nSPS) is 28.2. The zero-order valence-corrected chi connectivity index (χ0v) is 14.7. The summed E-state index contributed by atoms with van der Waals surface area (Å²) in [6.45, 7) is 18.0. The van der Waals surface area contributed by atoms with Gasteiger partial charge in [-0.15, -0.1) is 0 Å². The molecule has 1 spiro atoms. The van der Waals surface area contributed by atoms with Crippen LogP contribution >= 0.6 is 0 Å². The Morgan fingerprint density at radius 2 is 1.65 bits per heavy atom. The van der Waals surface area contributed by atoms with Gasteiger partial charge in [-0.1, -0.05) is 54.4 Å². The fourth-order valence-corrected chi connectivity index (χ4v) is 3.81. The molecule has 0 aromatic rings. The number of piperazine rings is 1. The van der Waals surface area contributed by atoms with Gasteiger partial charge in [0.1, 0.15) is 0 Å². The first-order valence-corrected chi connectivity index (χ1v) is 8.61. The van der Waals surface area contributed by atoms with Crippen LogP contribution < -0.4 is 5.32 Å². The van der Waals surface area contributed by atoms with E-state index in [-0.39, 0.29) is 0 Å². The van der Waals surface area contributed by atoms with E-state index in [0.29, 0.717) is 22.4 Å². The highest BCUT2D eigenvalue weighted by atomic mass is 15.3. The Morgan fingerprint density at radius 1 is 1.05 bits per heavy atom. The van der Waals surface area contributed by atoms with Crippen LogP contribution in [0.15, 0.2) is 0 Å². The summed E-state index contributed by atoms with van der Waals surface area (Å²) in [4.78, 5) is 2.86. The van der Waals surface area contributed by atoms with Gasteiger partial charge in [-0.2, -0.15) is 0 Å². The average Bonchev–Trinajstić information content (AvgIpc) is 2.74. The standard InChI is InChI=1S/C18H36N2/c1-16(2,3)11-12-20-13-15(17(4,5)6)19-14-18(20)9-7-8-10-18/h15,19H,7-14H2,1-6H3. The van der Waals surface area contributed by atoms with E-state index in [1.165, 1.54) is 51.7 Å². The smallest absolute Gasteiger partial charge is 0.0334 e. The minimum Gasteiger partial charge on any atom is -0.310 e. The molecule has 1 heterocycles.